The second-order valence-electron chi connectivity index (χ2n) is 13.4. The van der Waals surface area contributed by atoms with Gasteiger partial charge in [0, 0.05) is 40.0 Å². The Morgan fingerprint density at radius 3 is 1.86 bits per heavy atom. The van der Waals surface area contributed by atoms with Crippen molar-refractivity contribution in [2.75, 3.05) is 11.9 Å². The van der Waals surface area contributed by atoms with Gasteiger partial charge in [0.1, 0.15) is 9.79 Å². The molecule has 1 aliphatic heterocycles. The molecule has 0 radical (unpaired) electrons. The van der Waals surface area contributed by atoms with Crippen molar-refractivity contribution in [2.24, 2.45) is 0 Å². The molecule has 13 nitrogen and oxygen atoms in total. The summed E-state index contributed by atoms with van der Waals surface area (Å²) in [6.07, 6.45) is 5.14. The summed E-state index contributed by atoms with van der Waals surface area (Å²) in [7, 11) is -17.8. The first-order valence-electron chi connectivity index (χ1n) is 15.0. The maximum Gasteiger partial charge on any atom is 0.295 e. The Morgan fingerprint density at radius 1 is 0.765 bits per heavy atom. The van der Waals surface area contributed by atoms with E-state index in [0.29, 0.717) is 45.8 Å². The zero-order chi connectivity index (χ0) is 38.4. The summed E-state index contributed by atoms with van der Waals surface area (Å²) < 4.78 is 137. The summed E-state index contributed by atoms with van der Waals surface area (Å²) in [5, 5.41) is 0.424. The van der Waals surface area contributed by atoms with Crippen LogP contribution in [0.1, 0.15) is 44.4 Å². The Bertz CT molecular complexity index is 2730. The largest absolute Gasteiger partial charge is 0.347 e. The first-order valence-corrected chi connectivity index (χ1v) is 20.8. The molecule has 0 unspecified atom stereocenters. The van der Waals surface area contributed by atoms with Crippen molar-refractivity contribution in [1.82, 2.24) is 0 Å². The minimum absolute atomic E-state index is 0.0512. The van der Waals surface area contributed by atoms with Crippen LogP contribution in [0.5, 0.6) is 0 Å². The highest BCUT2D eigenvalue weighted by Gasteiger charge is 2.41. The molecule has 4 N–H and O–H groups in total. The third kappa shape index (κ3) is 6.64. The van der Waals surface area contributed by atoms with Crippen LogP contribution in [0.3, 0.4) is 0 Å². The molecular weight excluding hydrogens is 743 g/mol. The lowest BCUT2D eigenvalue weighted by atomic mass is 9.74. The number of nitrogens with zero attached hydrogens (tertiary/aromatic N) is 1. The summed E-state index contributed by atoms with van der Waals surface area (Å²) in [4.78, 5) is -0.978. The quantitative estimate of drug-likeness (QED) is 0.119. The zero-order valence-corrected chi connectivity index (χ0v) is 31.5. The molecule has 4 aromatic carbocycles. The molecule has 5 rings (SSSR count). The lowest BCUT2D eigenvalue weighted by molar-refractivity contribution is 0.477. The standard InChI is InChI=1S/C34H35NO12S4/c1-19-11-12-21-15-22(48(36,37)38)18-28(51(45,46)47)30(21)31(19)33(3,4)20(2)9-8-10-29-34(5,6)32-25-16-23(49(39,40)41)17-27(50(42,43)44)24(25)13-14-26(32)35(29)7/h8-18H,2H2,1,3-7H3,(H,36,37,38)(H,39,40,41)(H,42,43,44)(H,45,46,47)/b9-8+,29-10+. The molecule has 0 aliphatic carbocycles. The van der Waals surface area contributed by atoms with Crippen molar-refractivity contribution >= 4 is 67.7 Å². The summed E-state index contributed by atoms with van der Waals surface area (Å²) >= 11 is 0. The van der Waals surface area contributed by atoms with Gasteiger partial charge in [0.25, 0.3) is 40.5 Å². The van der Waals surface area contributed by atoms with Gasteiger partial charge in [0.15, 0.2) is 0 Å². The fourth-order valence-electron chi connectivity index (χ4n) is 6.95. The topological polar surface area (TPSA) is 221 Å². The second kappa shape index (κ2) is 12.1. The Hall–Kier alpha value is -3.94. The van der Waals surface area contributed by atoms with Crippen LogP contribution in [-0.2, 0) is 51.3 Å². The highest BCUT2D eigenvalue weighted by molar-refractivity contribution is 7.87. The minimum Gasteiger partial charge on any atom is -0.347 e. The van der Waals surface area contributed by atoms with E-state index < -0.39 is 70.9 Å². The maximum absolute atomic E-state index is 12.6. The van der Waals surface area contributed by atoms with Gasteiger partial charge < -0.3 is 4.90 Å². The Kier molecular flexibility index (Phi) is 9.06. The molecule has 0 saturated carbocycles. The zero-order valence-electron chi connectivity index (χ0n) is 28.2. The van der Waals surface area contributed by atoms with E-state index in [9.17, 15) is 51.9 Å². The van der Waals surface area contributed by atoms with E-state index in [1.54, 1.807) is 58.2 Å². The van der Waals surface area contributed by atoms with Gasteiger partial charge in [-0.25, -0.2) is 0 Å². The van der Waals surface area contributed by atoms with Crippen LogP contribution in [0.4, 0.5) is 5.69 Å². The Balaban J connectivity index is 1.64. The molecule has 0 saturated heterocycles. The molecule has 0 amide bonds. The number of hydrogen-bond donors (Lipinski definition) is 4. The third-order valence-corrected chi connectivity index (χ3v) is 12.9. The van der Waals surface area contributed by atoms with Gasteiger partial charge in [-0.1, -0.05) is 64.6 Å². The van der Waals surface area contributed by atoms with Gasteiger partial charge in [0.2, 0.25) is 0 Å². The molecule has 0 atom stereocenters. The molecule has 1 heterocycles. The lowest BCUT2D eigenvalue weighted by Gasteiger charge is -2.30. The average molecular weight is 778 g/mol. The number of benzene rings is 4. The molecular formula is C34H35NO12S4. The van der Waals surface area contributed by atoms with Crippen LogP contribution in [0.15, 0.2) is 104 Å². The normalized spacial score (nSPS) is 16.4. The number of likely N-dealkylation sites (N-methyl/N-ethyl adjacent to an activating group) is 1. The van der Waals surface area contributed by atoms with E-state index in [0.717, 1.165) is 12.1 Å². The SMILES string of the molecule is C=C(/C=C/C=C1/N(C)c2ccc3c(S(=O)(=O)O)cc(S(=O)(=O)O)cc3c2C1(C)C)C(C)(C)c1c(C)ccc2cc(S(=O)(=O)O)cc(S(=O)(=O)O)c12. The van der Waals surface area contributed by atoms with Crippen molar-refractivity contribution in [3.63, 3.8) is 0 Å². The second-order valence-corrected chi connectivity index (χ2v) is 19.0. The van der Waals surface area contributed by atoms with Crippen LogP contribution in [0, 0.1) is 6.92 Å². The highest BCUT2D eigenvalue weighted by atomic mass is 32.2. The van der Waals surface area contributed by atoms with Crippen LogP contribution in [-0.4, -0.2) is 58.9 Å². The Morgan fingerprint density at radius 2 is 1.31 bits per heavy atom. The van der Waals surface area contributed by atoms with Gasteiger partial charge in [-0.15, -0.1) is 0 Å². The summed E-state index contributed by atoms with van der Waals surface area (Å²) in [6.45, 7) is 13.1. The molecule has 17 heteroatoms. The molecule has 0 aromatic heterocycles. The predicted octanol–water partition coefficient (Wildman–Crippen LogP) is 5.99. The number of fused-ring (bicyclic) bond motifs is 4. The van der Waals surface area contributed by atoms with Gasteiger partial charge >= 0.3 is 0 Å². The predicted molar refractivity (Wildman–Crippen MR) is 193 cm³/mol. The van der Waals surface area contributed by atoms with Crippen LogP contribution in [0.25, 0.3) is 21.5 Å². The number of aryl methyl sites for hydroxylation is 1. The van der Waals surface area contributed by atoms with E-state index in [4.69, 9.17) is 0 Å². The van der Waals surface area contributed by atoms with Crippen molar-refractivity contribution in [1.29, 1.82) is 0 Å². The number of anilines is 1. The van der Waals surface area contributed by atoms with Gasteiger partial charge in [-0.3, -0.25) is 18.2 Å². The number of hydrogen-bond acceptors (Lipinski definition) is 9. The first kappa shape index (κ1) is 38.3. The van der Waals surface area contributed by atoms with Crippen LogP contribution < -0.4 is 4.90 Å². The minimum atomic E-state index is -4.98. The molecule has 0 bridgehead atoms. The fraction of sp³-hybridized carbons (Fsp3) is 0.235. The van der Waals surface area contributed by atoms with Gasteiger partial charge in [-0.05, 0) is 76.4 Å². The van der Waals surface area contributed by atoms with Crippen molar-refractivity contribution in [3.05, 3.63) is 101 Å². The van der Waals surface area contributed by atoms with E-state index in [1.165, 1.54) is 12.1 Å². The van der Waals surface area contributed by atoms with Crippen LogP contribution >= 0.6 is 0 Å². The Labute approximate surface area is 296 Å². The fourth-order valence-corrected chi connectivity index (χ4v) is 9.66. The van der Waals surface area contributed by atoms with E-state index >= 15 is 0 Å². The summed E-state index contributed by atoms with van der Waals surface area (Å²) in [5.41, 5.74) is 1.43. The van der Waals surface area contributed by atoms with E-state index in [2.05, 4.69) is 6.58 Å². The van der Waals surface area contributed by atoms with E-state index in [1.807, 2.05) is 18.7 Å². The molecule has 272 valence electrons. The average Bonchev–Trinajstić information content (AvgIpc) is 3.18. The first-order chi connectivity index (χ1) is 23.1. The number of rotatable bonds is 8. The van der Waals surface area contributed by atoms with Crippen LogP contribution in [0.2, 0.25) is 0 Å². The maximum atomic E-state index is 12.6. The van der Waals surface area contributed by atoms with Crippen molar-refractivity contribution in [2.45, 2.75) is 65.0 Å². The summed E-state index contributed by atoms with van der Waals surface area (Å²) in [6, 6.07) is 9.87. The lowest BCUT2D eigenvalue weighted by Crippen LogP contribution is -2.23. The molecule has 1 aliphatic rings. The van der Waals surface area contributed by atoms with Crippen molar-refractivity contribution in [3.8, 4) is 0 Å². The highest BCUT2D eigenvalue weighted by Crippen LogP contribution is 2.51. The van der Waals surface area contributed by atoms with Gasteiger partial charge in [0.05, 0.1) is 9.79 Å². The summed E-state index contributed by atoms with van der Waals surface area (Å²) in [5.74, 6) is 0. The molecule has 0 spiro atoms. The molecule has 51 heavy (non-hydrogen) atoms. The smallest absolute Gasteiger partial charge is 0.295 e. The number of allylic oxidation sites excluding steroid dienone is 5. The monoisotopic (exact) mass is 777 g/mol. The molecule has 4 aromatic rings. The van der Waals surface area contributed by atoms with Crippen molar-refractivity contribution < 1.29 is 51.9 Å². The van der Waals surface area contributed by atoms with Gasteiger partial charge in [-0.2, -0.15) is 33.7 Å². The third-order valence-electron chi connectivity index (χ3n) is 9.43. The molecule has 0 fully saturated rings. The van der Waals surface area contributed by atoms with E-state index in [-0.39, 0.29) is 21.5 Å².